The van der Waals surface area contributed by atoms with Gasteiger partial charge in [0, 0.05) is 24.1 Å². The molecule has 0 spiro atoms. The van der Waals surface area contributed by atoms with Gasteiger partial charge in [0.2, 0.25) is 5.91 Å². The molecule has 13 heavy (non-hydrogen) atoms. The summed E-state index contributed by atoms with van der Waals surface area (Å²) >= 11 is 1.93. The summed E-state index contributed by atoms with van der Waals surface area (Å²) in [6.07, 6.45) is 6.81. The average Bonchev–Trinajstić information content (AvgIpc) is 2.74. The van der Waals surface area contributed by atoms with Crippen LogP contribution in [0.5, 0.6) is 0 Å². The molecular weight excluding hydrogens is 182 g/mol. The monoisotopic (exact) mass is 195 g/mol. The molecule has 1 unspecified atom stereocenters. The normalized spacial score (nSPS) is 22.0. The average molecular weight is 195 g/mol. The molecule has 2 nitrogen and oxygen atoms in total. The second-order valence-corrected chi connectivity index (χ2v) is 4.73. The Morgan fingerprint density at radius 1 is 1.46 bits per heavy atom. The molecule has 0 saturated carbocycles. The molecule has 1 aromatic rings. The van der Waals surface area contributed by atoms with E-state index in [1.165, 1.54) is 18.6 Å². The van der Waals surface area contributed by atoms with E-state index in [-0.39, 0.29) is 5.91 Å². The Balaban J connectivity index is 1.91. The van der Waals surface area contributed by atoms with Crippen molar-refractivity contribution in [2.75, 3.05) is 5.75 Å². The lowest BCUT2D eigenvalue weighted by Gasteiger charge is -2.07. The summed E-state index contributed by atoms with van der Waals surface area (Å²) in [6, 6.07) is 3.78. The zero-order valence-electron chi connectivity index (χ0n) is 7.48. The molecule has 1 aliphatic rings. The molecule has 70 valence electrons. The number of hydrogen-bond acceptors (Lipinski definition) is 2. The Hall–Kier alpha value is -0.700. The maximum atomic E-state index is 11.6. The van der Waals surface area contributed by atoms with Gasteiger partial charge in [0.1, 0.15) is 0 Å². The number of aromatic nitrogens is 1. The molecular formula is C10H13NOS. The molecule has 1 atom stereocenters. The van der Waals surface area contributed by atoms with Gasteiger partial charge in [0.15, 0.2) is 0 Å². The van der Waals surface area contributed by atoms with Crippen LogP contribution in [0.3, 0.4) is 0 Å². The second-order valence-electron chi connectivity index (χ2n) is 3.32. The zero-order valence-corrected chi connectivity index (χ0v) is 8.30. The van der Waals surface area contributed by atoms with Crippen LogP contribution < -0.4 is 0 Å². The Bertz CT molecular complexity index is 275. The molecule has 3 heteroatoms. The van der Waals surface area contributed by atoms with E-state index in [0.29, 0.717) is 11.7 Å². The van der Waals surface area contributed by atoms with Gasteiger partial charge in [-0.15, -0.1) is 0 Å². The number of thioether (sulfide) groups is 1. The maximum Gasteiger partial charge on any atom is 0.231 e. The van der Waals surface area contributed by atoms with Gasteiger partial charge in [-0.2, -0.15) is 11.8 Å². The molecule has 1 aromatic heterocycles. The molecule has 0 aromatic carbocycles. The molecule has 0 bridgehead atoms. The lowest BCUT2D eigenvalue weighted by molar-refractivity contribution is 0.0902. The van der Waals surface area contributed by atoms with Crippen molar-refractivity contribution in [2.45, 2.75) is 24.5 Å². The van der Waals surface area contributed by atoms with Gasteiger partial charge < -0.3 is 0 Å². The second kappa shape index (κ2) is 4.01. The molecule has 1 saturated heterocycles. The van der Waals surface area contributed by atoms with E-state index in [0.717, 1.165) is 0 Å². The van der Waals surface area contributed by atoms with Crippen molar-refractivity contribution in [3.05, 3.63) is 24.5 Å². The number of nitrogens with zero attached hydrogens (tertiary/aromatic N) is 1. The first-order valence-corrected chi connectivity index (χ1v) is 5.69. The van der Waals surface area contributed by atoms with Gasteiger partial charge >= 0.3 is 0 Å². The fourth-order valence-corrected chi connectivity index (χ4v) is 2.87. The van der Waals surface area contributed by atoms with Gasteiger partial charge in [-0.3, -0.25) is 9.36 Å². The lowest BCUT2D eigenvalue weighted by Crippen LogP contribution is -2.13. The number of carbonyl (C=O) groups is 1. The number of hydrogen-bond donors (Lipinski definition) is 0. The zero-order chi connectivity index (χ0) is 9.10. The summed E-state index contributed by atoms with van der Waals surface area (Å²) in [4.78, 5) is 11.6. The first kappa shape index (κ1) is 8.88. The first-order chi connectivity index (χ1) is 6.36. The number of carbonyl (C=O) groups excluding carboxylic acids is 1. The number of rotatable bonds is 2. The standard InChI is InChI=1S/C10H13NOS/c12-10(11-5-1-2-6-11)8-9-4-3-7-13-9/h1-2,5-6,9H,3-4,7-8H2. The van der Waals surface area contributed by atoms with E-state index in [1.807, 2.05) is 36.3 Å². The van der Waals surface area contributed by atoms with Crippen LogP contribution in [0.15, 0.2) is 24.5 Å². The van der Waals surface area contributed by atoms with E-state index in [2.05, 4.69) is 0 Å². The molecule has 2 heterocycles. The molecule has 1 fully saturated rings. The van der Waals surface area contributed by atoms with Crippen LogP contribution in [-0.2, 0) is 0 Å². The van der Waals surface area contributed by atoms with Gasteiger partial charge in [0.05, 0.1) is 0 Å². The molecule has 0 aliphatic carbocycles. The molecule has 2 rings (SSSR count). The molecule has 1 aliphatic heterocycles. The van der Waals surface area contributed by atoms with E-state index >= 15 is 0 Å². The van der Waals surface area contributed by atoms with Crippen LogP contribution in [0.4, 0.5) is 0 Å². The fraction of sp³-hybridized carbons (Fsp3) is 0.500. The summed E-state index contributed by atoms with van der Waals surface area (Å²) in [6.45, 7) is 0. The van der Waals surface area contributed by atoms with Crippen molar-refractivity contribution < 1.29 is 4.79 Å². The Morgan fingerprint density at radius 3 is 2.85 bits per heavy atom. The topological polar surface area (TPSA) is 22.0 Å². The van der Waals surface area contributed by atoms with Crippen molar-refractivity contribution >= 4 is 17.7 Å². The third-order valence-electron chi connectivity index (χ3n) is 2.32. The van der Waals surface area contributed by atoms with Gasteiger partial charge in [-0.1, -0.05) is 0 Å². The van der Waals surface area contributed by atoms with Crippen molar-refractivity contribution in [1.29, 1.82) is 0 Å². The minimum Gasteiger partial charge on any atom is -0.295 e. The lowest BCUT2D eigenvalue weighted by atomic mass is 10.2. The maximum absolute atomic E-state index is 11.6. The SMILES string of the molecule is O=C(CC1CCCS1)n1cccc1. The molecule has 0 N–H and O–H groups in total. The van der Waals surface area contributed by atoms with Gasteiger partial charge in [-0.05, 0) is 30.7 Å². The van der Waals surface area contributed by atoms with Crippen LogP contribution in [0, 0.1) is 0 Å². The Kier molecular flexibility index (Phi) is 2.74. The van der Waals surface area contributed by atoms with E-state index in [1.54, 1.807) is 4.57 Å². The van der Waals surface area contributed by atoms with Crippen molar-refractivity contribution in [3.63, 3.8) is 0 Å². The van der Waals surface area contributed by atoms with Crippen LogP contribution in [0.2, 0.25) is 0 Å². The van der Waals surface area contributed by atoms with Crippen LogP contribution >= 0.6 is 11.8 Å². The minimum atomic E-state index is 0.226. The minimum absolute atomic E-state index is 0.226. The molecule has 0 radical (unpaired) electrons. The summed E-state index contributed by atoms with van der Waals surface area (Å²) < 4.78 is 1.68. The van der Waals surface area contributed by atoms with E-state index in [9.17, 15) is 4.79 Å². The summed E-state index contributed by atoms with van der Waals surface area (Å²) in [5.41, 5.74) is 0. The van der Waals surface area contributed by atoms with Gasteiger partial charge in [-0.25, -0.2) is 0 Å². The van der Waals surface area contributed by atoms with Gasteiger partial charge in [0.25, 0.3) is 0 Å². The highest BCUT2D eigenvalue weighted by molar-refractivity contribution is 8.00. The molecule has 0 amide bonds. The summed E-state index contributed by atoms with van der Waals surface area (Å²) in [5, 5.41) is 0.565. The van der Waals surface area contributed by atoms with E-state index in [4.69, 9.17) is 0 Å². The fourth-order valence-electron chi connectivity index (χ4n) is 1.61. The van der Waals surface area contributed by atoms with Crippen molar-refractivity contribution in [2.24, 2.45) is 0 Å². The van der Waals surface area contributed by atoms with Crippen LogP contribution in [0.25, 0.3) is 0 Å². The van der Waals surface area contributed by atoms with Crippen LogP contribution in [-0.4, -0.2) is 21.5 Å². The summed E-state index contributed by atoms with van der Waals surface area (Å²) in [7, 11) is 0. The third kappa shape index (κ3) is 2.15. The highest BCUT2D eigenvalue weighted by atomic mass is 32.2. The predicted octanol–water partition coefficient (Wildman–Crippen LogP) is 2.41. The van der Waals surface area contributed by atoms with Crippen LogP contribution in [0.1, 0.15) is 24.1 Å². The third-order valence-corrected chi connectivity index (χ3v) is 3.72. The summed E-state index contributed by atoms with van der Waals surface area (Å²) in [5.74, 6) is 1.45. The Morgan fingerprint density at radius 2 is 2.23 bits per heavy atom. The first-order valence-electron chi connectivity index (χ1n) is 4.64. The Labute approximate surface area is 82.3 Å². The largest absolute Gasteiger partial charge is 0.295 e. The predicted molar refractivity (Wildman–Crippen MR) is 55.2 cm³/mol. The smallest absolute Gasteiger partial charge is 0.231 e. The highest BCUT2D eigenvalue weighted by Gasteiger charge is 2.19. The van der Waals surface area contributed by atoms with Crippen molar-refractivity contribution in [3.8, 4) is 0 Å². The highest BCUT2D eigenvalue weighted by Crippen LogP contribution is 2.28. The van der Waals surface area contributed by atoms with E-state index < -0.39 is 0 Å². The quantitative estimate of drug-likeness (QED) is 0.723. The van der Waals surface area contributed by atoms with Crippen molar-refractivity contribution in [1.82, 2.24) is 4.57 Å².